The molecule has 100 valence electrons. The third kappa shape index (κ3) is 2.41. The molecule has 0 aliphatic carbocycles. The van der Waals surface area contributed by atoms with E-state index in [1.807, 2.05) is 30.7 Å². The number of hydrogen-bond donors (Lipinski definition) is 0. The molecule has 0 amide bonds. The maximum absolute atomic E-state index is 8.93. The predicted molar refractivity (Wildman–Crippen MR) is 75.9 cm³/mol. The molecule has 0 fully saturated rings. The van der Waals surface area contributed by atoms with Gasteiger partial charge in [-0.3, -0.25) is 0 Å². The van der Waals surface area contributed by atoms with Crippen LogP contribution in [0.4, 0.5) is 0 Å². The fourth-order valence-electron chi connectivity index (χ4n) is 2.41. The summed E-state index contributed by atoms with van der Waals surface area (Å²) in [6, 6.07) is 10.2. The second kappa shape index (κ2) is 5.57. The minimum atomic E-state index is 0.347. The van der Waals surface area contributed by atoms with Gasteiger partial charge in [-0.05, 0) is 18.6 Å². The number of nitriles is 1. The molecule has 0 aliphatic heterocycles. The van der Waals surface area contributed by atoms with Gasteiger partial charge in [0.1, 0.15) is 5.82 Å². The minimum Gasteiger partial charge on any atom is -0.337 e. The lowest BCUT2D eigenvalue weighted by molar-refractivity contribution is 0.561. The van der Waals surface area contributed by atoms with Gasteiger partial charge in [-0.25, -0.2) is 9.97 Å². The van der Waals surface area contributed by atoms with E-state index < -0.39 is 0 Å². The molecule has 0 spiro atoms. The summed E-state index contributed by atoms with van der Waals surface area (Å²) in [6.45, 7) is 1.77. The summed E-state index contributed by atoms with van der Waals surface area (Å²) < 4.78 is 4.21. The van der Waals surface area contributed by atoms with Crippen LogP contribution in [0.3, 0.4) is 0 Å². The molecular formula is C15H15N5. The third-order valence-electron chi connectivity index (χ3n) is 3.33. The molecule has 0 saturated heterocycles. The van der Waals surface area contributed by atoms with E-state index in [0.717, 1.165) is 36.4 Å². The number of para-hydroxylation sites is 2. The van der Waals surface area contributed by atoms with Crippen LogP contribution in [0, 0.1) is 11.3 Å². The molecule has 1 aromatic carbocycles. The molecule has 3 aromatic rings. The summed E-state index contributed by atoms with van der Waals surface area (Å²) in [5, 5.41) is 8.93. The molecule has 0 saturated carbocycles. The molecule has 0 bridgehead atoms. The highest BCUT2D eigenvalue weighted by Crippen LogP contribution is 2.17. The quantitative estimate of drug-likeness (QED) is 0.711. The lowest BCUT2D eigenvalue weighted by Gasteiger charge is -2.08. The highest BCUT2D eigenvalue weighted by Gasteiger charge is 2.09. The van der Waals surface area contributed by atoms with Crippen LogP contribution in [0.25, 0.3) is 11.0 Å². The highest BCUT2D eigenvalue weighted by molar-refractivity contribution is 5.75. The molecule has 0 atom stereocenters. The molecular weight excluding hydrogens is 250 g/mol. The molecule has 2 heterocycles. The molecule has 3 rings (SSSR count). The van der Waals surface area contributed by atoms with Crippen LogP contribution < -0.4 is 0 Å². The van der Waals surface area contributed by atoms with Gasteiger partial charge in [0.15, 0.2) is 0 Å². The van der Waals surface area contributed by atoms with E-state index in [4.69, 9.17) is 5.26 Å². The Morgan fingerprint density at radius 3 is 2.90 bits per heavy atom. The summed E-state index contributed by atoms with van der Waals surface area (Å²) in [4.78, 5) is 8.57. The van der Waals surface area contributed by atoms with E-state index in [1.165, 1.54) is 0 Å². The first-order valence-electron chi connectivity index (χ1n) is 6.65. The lowest BCUT2D eigenvalue weighted by atomic mass is 10.3. The summed E-state index contributed by atoms with van der Waals surface area (Å²) >= 11 is 0. The van der Waals surface area contributed by atoms with Crippen LogP contribution in [-0.2, 0) is 19.5 Å². The van der Waals surface area contributed by atoms with Crippen molar-refractivity contribution < 1.29 is 0 Å². The van der Waals surface area contributed by atoms with Crippen LogP contribution in [0.1, 0.15) is 12.2 Å². The van der Waals surface area contributed by atoms with E-state index in [0.29, 0.717) is 6.42 Å². The Bertz CT molecular complexity index is 733. The van der Waals surface area contributed by atoms with Crippen molar-refractivity contribution in [3.8, 4) is 6.07 Å². The van der Waals surface area contributed by atoms with E-state index in [9.17, 15) is 0 Å². The van der Waals surface area contributed by atoms with Crippen LogP contribution in [-0.4, -0.2) is 19.1 Å². The Labute approximate surface area is 117 Å². The molecule has 0 unspecified atom stereocenters. The zero-order chi connectivity index (χ0) is 13.8. The normalized spacial score (nSPS) is 10.8. The first kappa shape index (κ1) is 12.4. The van der Waals surface area contributed by atoms with Gasteiger partial charge < -0.3 is 9.13 Å². The fraction of sp³-hybridized carbons (Fsp3) is 0.267. The maximum atomic E-state index is 8.93. The Morgan fingerprint density at radius 1 is 1.20 bits per heavy atom. The van der Waals surface area contributed by atoms with Gasteiger partial charge >= 0.3 is 0 Å². The summed E-state index contributed by atoms with van der Waals surface area (Å²) in [6.07, 6.45) is 6.90. The monoisotopic (exact) mass is 265 g/mol. The second-order valence-electron chi connectivity index (χ2n) is 4.66. The van der Waals surface area contributed by atoms with Gasteiger partial charge in [0, 0.05) is 25.5 Å². The summed E-state index contributed by atoms with van der Waals surface area (Å²) in [5.41, 5.74) is 2.06. The zero-order valence-electron chi connectivity index (χ0n) is 11.1. The first-order chi connectivity index (χ1) is 9.88. The van der Waals surface area contributed by atoms with Crippen molar-refractivity contribution in [1.29, 1.82) is 5.26 Å². The average Bonchev–Trinajstić information content (AvgIpc) is 3.08. The number of rotatable bonds is 5. The van der Waals surface area contributed by atoms with Gasteiger partial charge in [-0.2, -0.15) is 5.26 Å². The minimum absolute atomic E-state index is 0.347. The highest BCUT2D eigenvalue weighted by atomic mass is 15.1. The van der Waals surface area contributed by atoms with E-state index >= 15 is 0 Å². The van der Waals surface area contributed by atoms with Gasteiger partial charge in [0.05, 0.1) is 29.9 Å². The van der Waals surface area contributed by atoms with Gasteiger partial charge in [0.25, 0.3) is 0 Å². The largest absolute Gasteiger partial charge is 0.337 e. The van der Waals surface area contributed by atoms with Gasteiger partial charge in [-0.15, -0.1) is 0 Å². The van der Waals surface area contributed by atoms with Crippen molar-refractivity contribution in [1.82, 2.24) is 19.1 Å². The molecule has 0 aliphatic rings. The van der Waals surface area contributed by atoms with Crippen molar-refractivity contribution >= 4 is 11.0 Å². The molecule has 20 heavy (non-hydrogen) atoms. The SMILES string of the molecule is N#CCc1nc2ccccc2n1CCCn1ccnc1. The summed E-state index contributed by atoms with van der Waals surface area (Å²) in [5.74, 6) is 0.847. The van der Waals surface area contributed by atoms with E-state index in [1.54, 1.807) is 6.20 Å². The number of hydrogen-bond acceptors (Lipinski definition) is 3. The Morgan fingerprint density at radius 2 is 2.10 bits per heavy atom. The van der Waals surface area contributed by atoms with Crippen LogP contribution in [0.15, 0.2) is 43.0 Å². The number of fused-ring (bicyclic) bond motifs is 1. The fourth-order valence-corrected chi connectivity index (χ4v) is 2.41. The van der Waals surface area contributed by atoms with Crippen LogP contribution in [0.5, 0.6) is 0 Å². The Hall–Kier alpha value is -2.61. The predicted octanol–water partition coefficient (Wildman–Crippen LogP) is 2.39. The van der Waals surface area contributed by atoms with Crippen molar-refractivity contribution in [2.75, 3.05) is 0 Å². The van der Waals surface area contributed by atoms with Crippen molar-refractivity contribution in [2.45, 2.75) is 25.9 Å². The molecule has 5 heteroatoms. The van der Waals surface area contributed by atoms with Crippen molar-refractivity contribution in [3.05, 3.63) is 48.8 Å². The number of aryl methyl sites for hydroxylation is 2. The first-order valence-corrected chi connectivity index (χ1v) is 6.65. The van der Waals surface area contributed by atoms with Gasteiger partial charge in [-0.1, -0.05) is 12.1 Å². The second-order valence-corrected chi connectivity index (χ2v) is 4.66. The topological polar surface area (TPSA) is 59.4 Å². The zero-order valence-corrected chi connectivity index (χ0v) is 11.1. The number of aromatic nitrogens is 4. The van der Waals surface area contributed by atoms with Gasteiger partial charge in [0.2, 0.25) is 0 Å². The Kier molecular flexibility index (Phi) is 3.46. The van der Waals surface area contributed by atoms with Crippen molar-refractivity contribution in [2.24, 2.45) is 0 Å². The van der Waals surface area contributed by atoms with Crippen LogP contribution >= 0.6 is 0 Å². The number of imidazole rings is 2. The van der Waals surface area contributed by atoms with Crippen LogP contribution in [0.2, 0.25) is 0 Å². The standard InChI is InChI=1S/C15H15N5/c16-7-6-15-18-13-4-1-2-5-14(13)20(15)10-3-9-19-11-8-17-12-19/h1-2,4-5,8,11-12H,3,6,9-10H2. The number of benzene rings is 1. The number of nitrogens with zero attached hydrogens (tertiary/aromatic N) is 5. The molecule has 2 aromatic heterocycles. The third-order valence-corrected chi connectivity index (χ3v) is 3.33. The van der Waals surface area contributed by atoms with Crippen molar-refractivity contribution in [3.63, 3.8) is 0 Å². The molecule has 5 nitrogen and oxygen atoms in total. The Balaban J connectivity index is 1.81. The van der Waals surface area contributed by atoms with E-state index in [2.05, 4.69) is 31.2 Å². The maximum Gasteiger partial charge on any atom is 0.124 e. The molecule has 0 N–H and O–H groups in total. The molecule has 0 radical (unpaired) electrons. The lowest BCUT2D eigenvalue weighted by Crippen LogP contribution is -2.06. The average molecular weight is 265 g/mol. The summed E-state index contributed by atoms with van der Waals surface area (Å²) in [7, 11) is 0. The smallest absolute Gasteiger partial charge is 0.124 e. The van der Waals surface area contributed by atoms with E-state index in [-0.39, 0.29) is 0 Å².